The normalized spacial score (nSPS) is 11.1. The van der Waals surface area contributed by atoms with E-state index in [4.69, 9.17) is 4.42 Å². The minimum absolute atomic E-state index is 0.586. The number of aryl methyl sites for hydroxylation is 1. The van der Waals surface area contributed by atoms with Crippen molar-refractivity contribution in [3.8, 4) is 11.5 Å². The number of nitrogens with zero attached hydrogens (tertiary/aromatic N) is 2. The number of carbonyl (C=O) groups is 1. The van der Waals surface area contributed by atoms with Crippen LogP contribution in [-0.2, 0) is 0 Å². The number of imidazole rings is 1. The Bertz CT molecular complexity index is 649. The van der Waals surface area contributed by atoms with Crippen molar-refractivity contribution < 1.29 is 9.21 Å². The van der Waals surface area contributed by atoms with Gasteiger partial charge in [0.15, 0.2) is 17.0 Å². The van der Waals surface area contributed by atoms with E-state index in [-0.39, 0.29) is 0 Å². The molecule has 0 aliphatic rings. The second-order valence-corrected chi connectivity index (χ2v) is 4.25. The third-order valence-corrected chi connectivity index (χ3v) is 3.29. The second-order valence-electron chi connectivity index (χ2n) is 3.42. The lowest BCUT2D eigenvalue weighted by atomic mass is 10.3. The number of fused-ring (bicyclic) bond motifs is 1. The molecule has 5 heteroatoms. The van der Waals surface area contributed by atoms with Crippen molar-refractivity contribution >= 4 is 22.6 Å². The average molecular weight is 232 g/mol. The lowest BCUT2D eigenvalue weighted by molar-refractivity contribution is 0.111. The van der Waals surface area contributed by atoms with Crippen molar-refractivity contribution in [3.63, 3.8) is 0 Å². The molecule has 0 spiro atoms. The van der Waals surface area contributed by atoms with Gasteiger partial charge < -0.3 is 4.42 Å². The Kier molecular flexibility index (Phi) is 1.94. The van der Waals surface area contributed by atoms with E-state index in [1.807, 2.05) is 28.8 Å². The third kappa shape index (κ3) is 1.15. The van der Waals surface area contributed by atoms with Crippen LogP contribution in [0.1, 0.15) is 16.2 Å². The molecule has 4 nitrogen and oxygen atoms in total. The van der Waals surface area contributed by atoms with E-state index in [1.165, 1.54) is 11.3 Å². The van der Waals surface area contributed by atoms with E-state index in [0.717, 1.165) is 28.4 Å². The lowest BCUT2D eigenvalue weighted by Gasteiger charge is -1.96. The van der Waals surface area contributed by atoms with Crippen LogP contribution >= 0.6 is 11.3 Å². The van der Waals surface area contributed by atoms with Gasteiger partial charge in [0.05, 0.1) is 12.0 Å². The van der Waals surface area contributed by atoms with Crippen molar-refractivity contribution in [3.05, 3.63) is 35.2 Å². The molecule has 0 N–H and O–H groups in total. The van der Waals surface area contributed by atoms with Gasteiger partial charge in [-0.1, -0.05) is 0 Å². The summed E-state index contributed by atoms with van der Waals surface area (Å²) >= 11 is 1.50. The molecule has 0 aromatic carbocycles. The highest BCUT2D eigenvalue weighted by molar-refractivity contribution is 7.15. The minimum atomic E-state index is 0.586. The molecule has 0 atom stereocenters. The summed E-state index contributed by atoms with van der Waals surface area (Å²) in [5.41, 5.74) is 2.20. The monoisotopic (exact) mass is 232 g/mol. The van der Waals surface area contributed by atoms with E-state index in [9.17, 15) is 4.79 Å². The maximum Gasteiger partial charge on any atom is 0.195 e. The summed E-state index contributed by atoms with van der Waals surface area (Å²) in [5.74, 6) is 0.742. The molecule has 0 fully saturated rings. The van der Waals surface area contributed by atoms with Crippen LogP contribution in [0.25, 0.3) is 16.4 Å². The number of hydrogen-bond donors (Lipinski definition) is 0. The predicted molar refractivity (Wildman–Crippen MR) is 60.9 cm³/mol. The Balaban J connectivity index is 2.38. The molecular formula is C11H8N2O2S. The van der Waals surface area contributed by atoms with Crippen LogP contribution in [0.3, 0.4) is 0 Å². The Morgan fingerprint density at radius 3 is 3.12 bits per heavy atom. The molecule has 3 aromatic heterocycles. The van der Waals surface area contributed by atoms with Gasteiger partial charge in [-0.3, -0.25) is 9.20 Å². The molecule has 16 heavy (non-hydrogen) atoms. The van der Waals surface area contributed by atoms with Crippen LogP contribution in [0.2, 0.25) is 0 Å². The Morgan fingerprint density at radius 2 is 2.44 bits per heavy atom. The van der Waals surface area contributed by atoms with Crippen molar-refractivity contribution in [2.45, 2.75) is 6.92 Å². The fourth-order valence-corrected chi connectivity index (χ4v) is 2.65. The lowest BCUT2D eigenvalue weighted by Crippen LogP contribution is -1.92. The first-order valence-corrected chi connectivity index (χ1v) is 5.65. The summed E-state index contributed by atoms with van der Waals surface area (Å²) in [6.07, 6.45) is 2.44. The quantitative estimate of drug-likeness (QED) is 0.638. The van der Waals surface area contributed by atoms with Gasteiger partial charge in [0.25, 0.3) is 0 Å². The highest BCUT2D eigenvalue weighted by Crippen LogP contribution is 2.28. The zero-order valence-electron chi connectivity index (χ0n) is 8.51. The van der Waals surface area contributed by atoms with Crippen molar-refractivity contribution in [2.75, 3.05) is 0 Å². The van der Waals surface area contributed by atoms with Crippen LogP contribution in [0.4, 0.5) is 0 Å². The number of aromatic nitrogens is 2. The zero-order valence-corrected chi connectivity index (χ0v) is 9.32. The van der Waals surface area contributed by atoms with E-state index >= 15 is 0 Å². The van der Waals surface area contributed by atoms with Crippen LogP contribution in [0, 0.1) is 6.92 Å². The molecule has 3 heterocycles. The molecule has 0 saturated heterocycles. The summed E-state index contributed by atoms with van der Waals surface area (Å²) in [7, 11) is 0. The number of aldehydes is 1. The number of rotatable bonds is 2. The van der Waals surface area contributed by atoms with Gasteiger partial charge in [0.1, 0.15) is 11.4 Å². The molecule has 0 saturated carbocycles. The molecule has 0 aliphatic heterocycles. The van der Waals surface area contributed by atoms with Gasteiger partial charge in [-0.25, -0.2) is 4.98 Å². The Labute approximate surface area is 95.2 Å². The van der Waals surface area contributed by atoms with Crippen molar-refractivity contribution in [2.24, 2.45) is 0 Å². The fourth-order valence-electron chi connectivity index (χ4n) is 1.72. The molecule has 0 unspecified atom stereocenters. The highest BCUT2D eigenvalue weighted by atomic mass is 32.1. The van der Waals surface area contributed by atoms with E-state index in [0.29, 0.717) is 5.69 Å². The topological polar surface area (TPSA) is 47.5 Å². The van der Waals surface area contributed by atoms with Crippen LogP contribution < -0.4 is 0 Å². The van der Waals surface area contributed by atoms with Crippen LogP contribution in [0.5, 0.6) is 0 Å². The van der Waals surface area contributed by atoms with Crippen molar-refractivity contribution in [1.82, 2.24) is 9.38 Å². The molecule has 3 rings (SSSR count). The first-order valence-electron chi connectivity index (χ1n) is 4.77. The van der Waals surface area contributed by atoms with E-state index in [2.05, 4.69) is 4.98 Å². The van der Waals surface area contributed by atoms with Gasteiger partial charge in [-0.2, -0.15) is 0 Å². The van der Waals surface area contributed by atoms with E-state index in [1.54, 1.807) is 6.26 Å². The minimum Gasteiger partial charge on any atom is -0.463 e. The first-order chi connectivity index (χ1) is 7.81. The number of thiazole rings is 1. The van der Waals surface area contributed by atoms with E-state index < -0.39 is 0 Å². The predicted octanol–water partition coefficient (Wildman–Crippen LogP) is 2.78. The van der Waals surface area contributed by atoms with Gasteiger partial charge in [-0.05, 0) is 19.1 Å². The fraction of sp³-hybridized carbons (Fsp3) is 0.0909. The maximum atomic E-state index is 11.0. The zero-order chi connectivity index (χ0) is 11.1. The molecule has 3 aromatic rings. The Morgan fingerprint density at radius 1 is 1.56 bits per heavy atom. The SMILES string of the molecule is Cc1nc2scc(-c3ccco3)n2c1C=O. The third-order valence-electron chi connectivity index (χ3n) is 2.47. The van der Waals surface area contributed by atoms with Gasteiger partial charge in [-0.15, -0.1) is 11.3 Å². The molecule has 0 radical (unpaired) electrons. The smallest absolute Gasteiger partial charge is 0.195 e. The number of carbonyl (C=O) groups excluding carboxylic acids is 1. The van der Waals surface area contributed by atoms with Gasteiger partial charge in [0.2, 0.25) is 0 Å². The molecule has 0 bridgehead atoms. The molecule has 0 aliphatic carbocycles. The van der Waals surface area contributed by atoms with Crippen molar-refractivity contribution in [1.29, 1.82) is 0 Å². The Hall–Kier alpha value is -1.88. The van der Waals surface area contributed by atoms with Crippen LogP contribution in [-0.4, -0.2) is 15.7 Å². The summed E-state index contributed by atoms with van der Waals surface area (Å²) in [5, 5.41) is 1.94. The maximum absolute atomic E-state index is 11.0. The summed E-state index contributed by atoms with van der Waals surface area (Å²) < 4.78 is 7.16. The molecule has 80 valence electrons. The van der Waals surface area contributed by atoms with Gasteiger partial charge in [0, 0.05) is 5.38 Å². The number of hydrogen-bond acceptors (Lipinski definition) is 4. The summed E-state index contributed by atoms with van der Waals surface area (Å²) in [6, 6.07) is 3.69. The summed E-state index contributed by atoms with van der Waals surface area (Å²) in [6.45, 7) is 1.83. The van der Waals surface area contributed by atoms with Crippen LogP contribution in [0.15, 0.2) is 28.2 Å². The highest BCUT2D eigenvalue weighted by Gasteiger charge is 2.15. The summed E-state index contributed by atoms with van der Waals surface area (Å²) in [4.78, 5) is 16.2. The average Bonchev–Trinajstić information content (AvgIpc) is 2.91. The van der Waals surface area contributed by atoms with Gasteiger partial charge >= 0.3 is 0 Å². The first kappa shape index (κ1) is 9.35. The largest absolute Gasteiger partial charge is 0.463 e. The second kappa shape index (κ2) is 3.31. The molecular weight excluding hydrogens is 224 g/mol. The number of furan rings is 1. The molecule has 0 amide bonds. The standard InChI is InChI=1S/C11H8N2O2S/c1-7-8(5-14)13-9(6-16-11(13)12-7)10-3-2-4-15-10/h2-6H,1H3.